The third-order valence-electron chi connectivity index (χ3n) is 10.2. The van der Waals surface area contributed by atoms with E-state index in [2.05, 4.69) is 39.9 Å². The van der Waals surface area contributed by atoms with Crippen LogP contribution in [0, 0.1) is 0 Å². The molecule has 28 heteroatoms. The van der Waals surface area contributed by atoms with Gasteiger partial charge >= 0.3 is 68.3 Å². The summed E-state index contributed by atoms with van der Waals surface area (Å²) in [7, 11) is 0. The molecular weight excluding hydrogens is 1100 g/mol. The molecule has 350 valence electrons. The summed E-state index contributed by atoms with van der Waals surface area (Å²) in [5.74, 6) is -23.0. The first-order valence-electron chi connectivity index (χ1n) is 17.6. The summed E-state index contributed by atoms with van der Waals surface area (Å²) in [5, 5.41) is 100. The first-order valence-corrected chi connectivity index (χ1v) is 17.6. The van der Waals surface area contributed by atoms with Crippen molar-refractivity contribution in [2.45, 2.75) is 0 Å². The SMILES string of the molecule is O=C([O-])c1c(C(=O)[O-])c(C(=O)[O-])c2c(c1C(=O)[O-])-c1nc-2nc2[nH]c(nc3nc(nc4[nH]c(n1)c1ccccc41)-c1ccccc1-3)c1c(C(=O)[O-])c(C(=O)[O-])c(C(=O)[O-])c(C(=O)[O-])c21.[Cu+2].[Cu+2].[Cu+2].[Cu+2]. The van der Waals surface area contributed by atoms with E-state index in [0.717, 1.165) is 0 Å². The van der Waals surface area contributed by atoms with Gasteiger partial charge in [0.25, 0.3) is 0 Å². The van der Waals surface area contributed by atoms with Gasteiger partial charge in [-0.2, -0.15) is 0 Å². The quantitative estimate of drug-likeness (QED) is 0.134. The molecule has 4 radical (unpaired) electrons. The van der Waals surface area contributed by atoms with Crippen molar-refractivity contribution < 1.29 is 147 Å². The number of aromatic nitrogens is 8. The molecule has 0 saturated heterocycles. The van der Waals surface area contributed by atoms with Crippen LogP contribution in [-0.4, -0.2) is 87.6 Å². The van der Waals surface area contributed by atoms with Gasteiger partial charge in [-0.3, -0.25) is 0 Å². The summed E-state index contributed by atoms with van der Waals surface area (Å²) in [6.07, 6.45) is 0. The third kappa shape index (κ3) is 7.57. The average molecular weight is 1110 g/mol. The molecule has 2 aliphatic rings. The smallest absolute Gasteiger partial charge is 0.545 e. The summed E-state index contributed by atoms with van der Waals surface area (Å²) in [6, 6.07) is 12.2. The number of nitrogens with zero attached hydrogens (tertiary/aromatic N) is 6. The van der Waals surface area contributed by atoms with Gasteiger partial charge in [-0.05, 0) is 0 Å². The molecule has 0 saturated carbocycles. The van der Waals surface area contributed by atoms with Crippen LogP contribution in [0.4, 0.5) is 0 Å². The summed E-state index contributed by atoms with van der Waals surface area (Å²) >= 11 is 0. The molecule has 2 aliphatic heterocycles. The fraction of sp³-hybridized carbons (Fsp3) is 0. The normalized spacial score (nSPS) is 10.8. The first kappa shape index (κ1) is 51.1. The number of nitrogens with one attached hydrogen (secondary N) is 2. The number of aromatic carboxylic acids is 8. The number of rotatable bonds is 8. The van der Waals surface area contributed by atoms with Crippen molar-refractivity contribution in [2.75, 3.05) is 0 Å². The van der Waals surface area contributed by atoms with Crippen molar-refractivity contribution in [3.63, 3.8) is 0 Å². The topological polar surface area (TPSA) is 430 Å². The molecule has 0 atom stereocenters. The zero-order chi connectivity index (χ0) is 45.8. The molecule has 24 nitrogen and oxygen atoms in total. The number of aromatic amines is 2. The second kappa shape index (κ2) is 18.4. The van der Waals surface area contributed by atoms with Crippen molar-refractivity contribution in [2.24, 2.45) is 0 Å². The average Bonchev–Trinajstić information content (AvgIpc) is 3.97. The van der Waals surface area contributed by atoms with Crippen molar-refractivity contribution in [1.29, 1.82) is 0 Å². The maximum absolute atomic E-state index is 12.9. The van der Waals surface area contributed by atoms with Gasteiger partial charge in [-0.15, -0.1) is 0 Å². The molecule has 5 heterocycles. The van der Waals surface area contributed by atoms with Crippen molar-refractivity contribution in [3.8, 4) is 45.6 Å². The van der Waals surface area contributed by atoms with Crippen LogP contribution < -0.4 is 40.9 Å². The fourth-order valence-electron chi connectivity index (χ4n) is 7.84. The van der Waals surface area contributed by atoms with E-state index in [9.17, 15) is 79.2 Å². The number of carboxylic acids is 8. The van der Waals surface area contributed by atoms with E-state index in [1.165, 1.54) is 30.3 Å². The van der Waals surface area contributed by atoms with Crippen LogP contribution in [0.25, 0.3) is 89.7 Å². The largest absolute Gasteiger partial charge is 2.00 e. The number of hydrogen-bond acceptors (Lipinski definition) is 22. The molecule has 0 fully saturated rings. The number of hydrogen-bond donors (Lipinski definition) is 2. The van der Waals surface area contributed by atoms with Gasteiger partial charge in [-0.25, -0.2) is 29.9 Å². The standard InChI is InChI=1S/C40H18N8O16.4Cu/c49-33(50)17-13-15(19(35(53)54)23(39(61)62)21(17)37(57)58)31-46-29(13)44-27-11-7-3-1-5-9(11)25(42-27)41-26-10-6-2-4-8-12(10)28(43-26)45-30-14-16(32(47-30)48-31)20(36(55)56)24(40(63)64)22(38(59)60)18(14)34(51)52;;;;/h1-8H,(H,49,50)(H,51,52)(H,53,54)(H,55,56)(H,57,58)(H,59,60)(H,61,62)(H,63,64)(H2,41,42,43,44,45,46,47,48);;;;/q;4*+2/p-8. The Morgan fingerprint density at radius 2 is 0.588 bits per heavy atom. The molecule has 2 N–H and O–H groups in total. The number of carboxylic acid groups (broad SMARTS) is 8. The Bertz CT molecular complexity index is 3690. The molecule has 0 spiro atoms. The summed E-state index contributed by atoms with van der Waals surface area (Å²) in [6.45, 7) is 0. The van der Waals surface area contributed by atoms with Gasteiger partial charge in [0.1, 0.15) is 22.6 Å². The Kier molecular flexibility index (Phi) is 13.8. The molecule has 0 unspecified atom stereocenters. The Balaban J connectivity index is 0.00000216. The molecule has 8 bridgehead atoms. The van der Waals surface area contributed by atoms with E-state index in [1.54, 1.807) is 18.2 Å². The fourth-order valence-corrected chi connectivity index (χ4v) is 7.84. The Labute approximate surface area is 415 Å². The number of H-pyrrole nitrogens is 2. The van der Waals surface area contributed by atoms with Gasteiger partial charge in [0.2, 0.25) is 0 Å². The molecule has 68 heavy (non-hydrogen) atoms. The van der Waals surface area contributed by atoms with E-state index in [0.29, 0.717) is 5.39 Å². The van der Waals surface area contributed by atoms with E-state index >= 15 is 0 Å². The number of fused-ring (bicyclic) bond motifs is 20. The zero-order valence-corrected chi connectivity index (χ0v) is 35.8. The predicted molar refractivity (Wildman–Crippen MR) is 191 cm³/mol. The van der Waals surface area contributed by atoms with Crippen LogP contribution in [0.5, 0.6) is 0 Å². The minimum absolute atomic E-state index is 0. The summed E-state index contributed by atoms with van der Waals surface area (Å²) < 4.78 is 0. The van der Waals surface area contributed by atoms with Crippen LogP contribution in [0.1, 0.15) is 82.9 Å². The van der Waals surface area contributed by atoms with E-state index in [1.807, 2.05) is 0 Å². The Hall–Kier alpha value is -7.92. The van der Waals surface area contributed by atoms with Crippen LogP contribution in [0.3, 0.4) is 0 Å². The summed E-state index contributed by atoms with van der Waals surface area (Å²) in [5.41, 5.74) is -18.0. The van der Waals surface area contributed by atoms with Crippen molar-refractivity contribution in [1.82, 2.24) is 39.9 Å². The second-order valence-corrected chi connectivity index (χ2v) is 13.5. The minimum Gasteiger partial charge on any atom is -0.545 e. The molecule has 0 amide bonds. The predicted octanol–water partition coefficient (Wildman–Crippen LogP) is -6.23. The molecular formula is C40H10Cu4N8O16. The first-order chi connectivity index (χ1) is 30.4. The van der Waals surface area contributed by atoms with Gasteiger partial charge < -0.3 is 89.2 Å². The van der Waals surface area contributed by atoms with Gasteiger partial charge in [-0.1, -0.05) is 48.5 Å². The number of benzene rings is 4. The van der Waals surface area contributed by atoms with Crippen LogP contribution in [0.15, 0.2) is 48.5 Å². The molecule has 4 aromatic carbocycles. The van der Waals surface area contributed by atoms with Crippen LogP contribution in [0.2, 0.25) is 0 Å². The van der Waals surface area contributed by atoms with Gasteiger partial charge in [0, 0.05) is 88.3 Å². The number of carbonyl (C=O) groups is 8. The van der Waals surface area contributed by atoms with E-state index in [-0.39, 0.29) is 108 Å². The maximum atomic E-state index is 12.9. The molecule has 3 aromatic heterocycles. The van der Waals surface area contributed by atoms with Crippen molar-refractivity contribution >= 4 is 91.9 Å². The van der Waals surface area contributed by atoms with E-state index in [4.69, 9.17) is 0 Å². The van der Waals surface area contributed by atoms with Crippen LogP contribution in [-0.2, 0) is 68.3 Å². The van der Waals surface area contributed by atoms with E-state index < -0.39 is 137 Å². The Morgan fingerprint density at radius 3 is 0.941 bits per heavy atom. The molecule has 9 rings (SSSR count). The molecule has 7 aromatic rings. The Morgan fingerprint density at radius 1 is 0.324 bits per heavy atom. The maximum Gasteiger partial charge on any atom is 2.00 e. The van der Waals surface area contributed by atoms with Gasteiger partial charge in [0.15, 0.2) is 23.3 Å². The van der Waals surface area contributed by atoms with Crippen molar-refractivity contribution in [3.05, 3.63) is 93.0 Å². The van der Waals surface area contributed by atoms with Crippen LogP contribution >= 0.6 is 0 Å². The monoisotopic (exact) mass is 1110 g/mol. The summed E-state index contributed by atoms with van der Waals surface area (Å²) in [4.78, 5) is 133. The molecule has 0 aliphatic carbocycles. The number of carbonyl (C=O) groups excluding carboxylic acids is 8. The van der Waals surface area contributed by atoms with Gasteiger partial charge in [0.05, 0.1) is 47.8 Å². The second-order valence-electron chi connectivity index (χ2n) is 13.5. The third-order valence-corrected chi connectivity index (χ3v) is 10.2. The zero-order valence-electron chi connectivity index (χ0n) is 32.0. The minimum atomic E-state index is -2.63.